The minimum Gasteiger partial charge on any atom is -0.391 e. The zero-order chi connectivity index (χ0) is 15.3. The Hall–Kier alpha value is -1.42. The molecular formula is C17H24N2OS. The Morgan fingerprint density at radius 3 is 2.52 bits per heavy atom. The normalized spacial score (nSPS) is 17.8. The van der Waals surface area contributed by atoms with Crippen molar-refractivity contribution in [2.75, 3.05) is 0 Å². The molecule has 1 fully saturated rings. The summed E-state index contributed by atoms with van der Waals surface area (Å²) < 4.78 is 0. The number of hydrogen-bond acceptors (Lipinski definition) is 2. The van der Waals surface area contributed by atoms with E-state index in [4.69, 9.17) is 18.0 Å². The van der Waals surface area contributed by atoms with Gasteiger partial charge in [-0.3, -0.25) is 4.79 Å². The lowest BCUT2D eigenvalue weighted by atomic mass is 9.89. The number of carbonyl (C=O) groups is 1. The van der Waals surface area contributed by atoms with Crippen LogP contribution in [0.15, 0.2) is 24.3 Å². The molecule has 0 atom stereocenters. The number of thiocarbonyl (C=S) groups is 1. The second-order valence-corrected chi connectivity index (χ2v) is 6.51. The fourth-order valence-corrected chi connectivity index (χ4v) is 3.34. The summed E-state index contributed by atoms with van der Waals surface area (Å²) in [4.78, 5) is 12.8. The average Bonchev–Trinajstić information content (AvgIpc) is 2.65. The summed E-state index contributed by atoms with van der Waals surface area (Å²) in [5.74, 6) is 0.00954. The van der Waals surface area contributed by atoms with Crippen LogP contribution in [0, 0.1) is 6.92 Å². The molecule has 114 valence electrons. The van der Waals surface area contributed by atoms with Gasteiger partial charge in [-0.25, -0.2) is 0 Å². The fourth-order valence-electron chi connectivity index (χ4n) is 3.08. The van der Waals surface area contributed by atoms with Crippen molar-refractivity contribution in [1.82, 2.24) is 5.32 Å². The highest BCUT2D eigenvalue weighted by molar-refractivity contribution is 7.80. The van der Waals surface area contributed by atoms with Gasteiger partial charge in [-0.1, -0.05) is 67.7 Å². The Kier molecular flexibility index (Phi) is 5.34. The second-order valence-electron chi connectivity index (χ2n) is 6.07. The number of nitrogens with one attached hydrogen (secondary N) is 1. The van der Waals surface area contributed by atoms with Crippen LogP contribution in [-0.4, -0.2) is 16.4 Å². The van der Waals surface area contributed by atoms with Gasteiger partial charge in [0, 0.05) is 0 Å². The molecule has 21 heavy (non-hydrogen) atoms. The van der Waals surface area contributed by atoms with Crippen molar-refractivity contribution < 1.29 is 4.79 Å². The van der Waals surface area contributed by atoms with Gasteiger partial charge in [-0.05, 0) is 25.3 Å². The van der Waals surface area contributed by atoms with Crippen LogP contribution in [0.3, 0.4) is 0 Å². The molecule has 0 unspecified atom stereocenters. The number of hydrogen-bond donors (Lipinski definition) is 2. The van der Waals surface area contributed by atoms with Gasteiger partial charge in [-0.2, -0.15) is 0 Å². The van der Waals surface area contributed by atoms with Crippen LogP contribution < -0.4 is 11.1 Å². The Balaban J connectivity index is 2.06. The summed E-state index contributed by atoms with van der Waals surface area (Å²) >= 11 is 5.25. The number of rotatable bonds is 4. The molecule has 0 aliphatic heterocycles. The Morgan fingerprint density at radius 2 is 1.95 bits per heavy atom. The van der Waals surface area contributed by atoms with Crippen LogP contribution in [0.25, 0.3) is 0 Å². The number of nitrogens with two attached hydrogens (primary N) is 1. The van der Waals surface area contributed by atoms with E-state index in [1.165, 1.54) is 18.4 Å². The van der Waals surface area contributed by atoms with Crippen LogP contribution in [0.2, 0.25) is 0 Å². The quantitative estimate of drug-likeness (QED) is 0.664. The second kappa shape index (κ2) is 7.03. The monoisotopic (exact) mass is 304 g/mol. The lowest BCUT2D eigenvalue weighted by Gasteiger charge is -2.33. The lowest BCUT2D eigenvalue weighted by molar-refractivity contribution is -0.121. The van der Waals surface area contributed by atoms with Gasteiger partial charge in [0.25, 0.3) is 0 Å². The summed E-state index contributed by atoms with van der Waals surface area (Å²) in [5.41, 5.74) is 7.67. The standard InChI is InChI=1S/C17H24N2OS/c1-13-7-6-8-14(11-13)12-15(20)19-17(16(18)21)9-4-2-3-5-10-17/h6-8,11H,2-5,9-10,12H2,1H3,(H2,18,21)(H,19,20). The first-order valence-electron chi connectivity index (χ1n) is 7.68. The van der Waals surface area contributed by atoms with Gasteiger partial charge >= 0.3 is 0 Å². The molecule has 1 aliphatic rings. The largest absolute Gasteiger partial charge is 0.391 e. The number of benzene rings is 1. The van der Waals surface area contributed by atoms with Crippen molar-refractivity contribution in [3.63, 3.8) is 0 Å². The molecule has 1 aromatic rings. The molecule has 0 aromatic heterocycles. The van der Waals surface area contributed by atoms with E-state index < -0.39 is 5.54 Å². The first kappa shape index (κ1) is 16.0. The van der Waals surface area contributed by atoms with Crippen molar-refractivity contribution in [2.24, 2.45) is 5.73 Å². The molecule has 0 saturated heterocycles. The smallest absolute Gasteiger partial charge is 0.225 e. The first-order valence-corrected chi connectivity index (χ1v) is 8.09. The van der Waals surface area contributed by atoms with E-state index >= 15 is 0 Å². The molecule has 1 amide bonds. The van der Waals surface area contributed by atoms with E-state index in [1.54, 1.807) is 0 Å². The molecular weight excluding hydrogens is 280 g/mol. The van der Waals surface area contributed by atoms with Gasteiger partial charge in [-0.15, -0.1) is 0 Å². The predicted molar refractivity (Wildman–Crippen MR) is 90.2 cm³/mol. The van der Waals surface area contributed by atoms with E-state index in [9.17, 15) is 4.79 Å². The summed E-state index contributed by atoms with van der Waals surface area (Å²) in [7, 11) is 0. The maximum absolute atomic E-state index is 12.4. The molecule has 3 N–H and O–H groups in total. The maximum atomic E-state index is 12.4. The molecule has 4 heteroatoms. The van der Waals surface area contributed by atoms with Gasteiger partial charge < -0.3 is 11.1 Å². The molecule has 0 bridgehead atoms. The highest BCUT2D eigenvalue weighted by Crippen LogP contribution is 2.27. The fraction of sp³-hybridized carbons (Fsp3) is 0.529. The third-order valence-electron chi connectivity index (χ3n) is 4.25. The van der Waals surface area contributed by atoms with Crippen molar-refractivity contribution >= 4 is 23.1 Å². The van der Waals surface area contributed by atoms with Crippen LogP contribution in [0.5, 0.6) is 0 Å². The van der Waals surface area contributed by atoms with Gasteiger partial charge in [0.15, 0.2) is 0 Å². The first-order chi connectivity index (χ1) is 10.0. The van der Waals surface area contributed by atoms with Crippen LogP contribution in [-0.2, 0) is 11.2 Å². The highest BCUT2D eigenvalue weighted by Gasteiger charge is 2.35. The Bertz CT molecular complexity index is 519. The van der Waals surface area contributed by atoms with Crippen molar-refractivity contribution in [1.29, 1.82) is 0 Å². The third-order valence-corrected chi connectivity index (χ3v) is 4.65. The van der Waals surface area contributed by atoms with Crippen LogP contribution in [0.1, 0.15) is 49.7 Å². The number of amides is 1. The van der Waals surface area contributed by atoms with E-state index in [1.807, 2.05) is 31.2 Å². The number of aryl methyl sites for hydroxylation is 1. The van der Waals surface area contributed by atoms with Crippen LogP contribution >= 0.6 is 12.2 Å². The minimum absolute atomic E-state index is 0.00954. The Labute approximate surface area is 132 Å². The zero-order valence-electron chi connectivity index (χ0n) is 12.7. The van der Waals surface area contributed by atoms with Crippen LogP contribution in [0.4, 0.5) is 0 Å². The predicted octanol–water partition coefficient (Wildman–Crippen LogP) is 3.03. The highest BCUT2D eigenvalue weighted by atomic mass is 32.1. The van der Waals surface area contributed by atoms with Crippen molar-refractivity contribution in [3.05, 3.63) is 35.4 Å². The SMILES string of the molecule is Cc1cccc(CC(=O)NC2(C(N)=S)CCCCCC2)c1. The van der Waals surface area contributed by atoms with E-state index in [-0.39, 0.29) is 5.91 Å². The van der Waals surface area contributed by atoms with Gasteiger partial charge in [0.1, 0.15) is 0 Å². The molecule has 0 radical (unpaired) electrons. The summed E-state index contributed by atoms with van der Waals surface area (Å²) in [6.07, 6.45) is 6.64. The molecule has 2 rings (SSSR count). The van der Waals surface area contributed by atoms with E-state index in [0.717, 1.165) is 31.2 Å². The molecule has 0 heterocycles. The maximum Gasteiger partial charge on any atom is 0.225 e. The lowest BCUT2D eigenvalue weighted by Crippen LogP contribution is -2.56. The van der Waals surface area contributed by atoms with Crippen molar-refractivity contribution in [3.8, 4) is 0 Å². The molecule has 1 aliphatic carbocycles. The molecule has 0 spiro atoms. The van der Waals surface area contributed by atoms with E-state index in [0.29, 0.717) is 11.4 Å². The van der Waals surface area contributed by atoms with Gasteiger partial charge in [0.2, 0.25) is 5.91 Å². The Morgan fingerprint density at radius 1 is 1.29 bits per heavy atom. The third kappa shape index (κ3) is 4.27. The zero-order valence-corrected chi connectivity index (χ0v) is 13.5. The topological polar surface area (TPSA) is 55.1 Å². The number of carbonyl (C=O) groups excluding carboxylic acids is 1. The summed E-state index contributed by atoms with van der Waals surface area (Å²) in [5, 5.41) is 3.13. The molecule has 1 saturated carbocycles. The minimum atomic E-state index is -0.479. The van der Waals surface area contributed by atoms with E-state index in [2.05, 4.69) is 5.32 Å². The molecule has 3 nitrogen and oxygen atoms in total. The molecule has 1 aromatic carbocycles. The van der Waals surface area contributed by atoms with Crippen molar-refractivity contribution in [2.45, 2.75) is 57.4 Å². The summed E-state index contributed by atoms with van der Waals surface area (Å²) in [6.45, 7) is 2.03. The summed E-state index contributed by atoms with van der Waals surface area (Å²) in [6, 6.07) is 8.03. The average molecular weight is 304 g/mol. The van der Waals surface area contributed by atoms with Gasteiger partial charge in [0.05, 0.1) is 16.9 Å².